The number of carbonyl (C=O) groups is 4. The average molecular weight is 914 g/mol. The van der Waals surface area contributed by atoms with Gasteiger partial charge in [-0.25, -0.2) is 28.3 Å². The topological polar surface area (TPSA) is 168 Å². The van der Waals surface area contributed by atoms with Crippen molar-refractivity contribution >= 4 is 46.9 Å². The number of alkyl carbamates (subject to hydrolysis) is 2. The lowest BCUT2D eigenvalue weighted by molar-refractivity contribution is -0.139. The third kappa shape index (κ3) is 8.63. The van der Waals surface area contributed by atoms with Gasteiger partial charge >= 0.3 is 12.2 Å². The van der Waals surface area contributed by atoms with Gasteiger partial charge in [0.1, 0.15) is 23.1 Å². The number of carbonyl (C=O) groups excluding carboxylic acids is 4. The van der Waals surface area contributed by atoms with E-state index in [1.807, 2.05) is 46.2 Å². The number of hydrogen-bond acceptors (Lipinski definition) is 9. The van der Waals surface area contributed by atoms with E-state index in [0.717, 1.165) is 64.9 Å². The van der Waals surface area contributed by atoms with E-state index in [0.29, 0.717) is 55.3 Å². The molecular weight excluding hydrogens is 860 g/mol. The molecule has 4 amide bonds. The first-order chi connectivity index (χ1) is 31.4. The van der Waals surface area contributed by atoms with Gasteiger partial charge in [-0.05, 0) is 97.3 Å². The summed E-state index contributed by atoms with van der Waals surface area (Å²) in [5, 5.41) is 5.96. The molecule has 4 aliphatic heterocycles. The van der Waals surface area contributed by atoms with E-state index < -0.39 is 36.1 Å². The number of aromatic nitrogens is 2. The second kappa shape index (κ2) is 17.5. The van der Waals surface area contributed by atoms with Gasteiger partial charge in [0.2, 0.25) is 17.7 Å². The maximum atomic E-state index is 14.3. The molecule has 14 nitrogen and oxygen atoms in total. The number of halogens is 3. The van der Waals surface area contributed by atoms with Crippen LogP contribution in [-0.4, -0.2) is 113 Å². The summed E-state index contributed by atoms with van der Waals surface area (Å²) in [6.45, 7) is 1.09. The summed E-state index contributed by atoms with van der Waals surface area (Å²) in [6.07, 6.45) is 5.28. The molecule has 5 heterocycles. The molecule has 0 bridgehead atoms. The molecule has 3 aromatic rings. The Morgan fingerprint density at radius 2 is 1.26 bits per heavy atom. The standard InChI is InChI=1S/C48H54ClF2N7O7/c1-63-46(61)55-40(29-11-15-48(50,51)16-12-29)45(60)58-37-20-32(37)22-39(58)43-52-24-35(54-43)28-9-5-26(6-10-28)25-3-7-27(8-4-25)33-23-34(53-42(33)49)38-21-31-19-36(31)57(38)44(59)41(56-47(62)64-2)30-13-17-65-18-14-30/h3-10,24,29-32,36-41H,11-23H2,1-2H3,(H,52,54)(H,55,61)(H,56,62)/t31-,32-,36-,37-,38+,39+,40+,41+/m1/s1. The largest absolute Gasteiger partial charge is 0.453 e. The maximum Gasteiger partial charge on any atom is 0.407 e. The van der Waals surface area contributed by atoms with Crippen LogP contribution in [0.3, 0.4) is 0 Å². The van der Waals surface area contributed by atoms with Gasteiger partial charge in [0.25, 0.3) is 0 Å². The lowest BCUT2D eigenvalue weighted by Crippen LogP contribution is -2.56. The zero-order chi connectivity index (χ0) is 45.1. The summed E-state index contributed by atoms with van der Waals surface area (Å²) >= 11 is 6.85. The number of ether oxygens (including phenoxy) is 3. The smallest absolute Gasteiger partial charge is 0.407 e. The van der Waals surface area contributed by atoms with Gasteiger partial charge in [0.05, 0.1) is 38.2 Å². The molecule has 0 unspecified atom stereocenters. The monoisotopic (exact) mass is 913 g/mol. The Bertz CT molecular complexity index is 2390. The third-order valence-corrected chi connectivity index (χ3v) is 15.4. The molecule has 10 rings (SSSR count). The number of imidazole rings is 1. The summed E-state index contributed by atoms with van der Waals surface area (Å²) < 4.78 is 43.4. The number of aliphatic imine (C=N–C) groups is 1. The van der Waals surface area contributed by atoms with E-state index in [4.69, 9.17) is 35.8 Å². The molecule has 17 heteroatoms. The molecule has 6 fully saturated rings. The number of allylic oxidation sites excluding steroid dienone is 1. The number of piperidine rings is 2. The molecule has 1 aromatic heterocycles. The van der Waals surface area contributed by atoms with Crippen LogP contribution in [0.15, 0.2) is 64.9 Å². The molecule has 0 radical (unpaired) electrons. The van der Waals surface area contributed by atoms with E-state index >= 15 is 0 Å². The minimum atomic E-state index is -2.77. The van der Waals surface area contributed by atoms with Gasteiger partial charge in [-0.3, -0.25) is 9.59 Å². The Hall–Kier alpha value is -5.35. The number of rotatable bonds is 11. The van der Waals surface area contributed by atoms with Crippen LogP contribution in [0.5, 0.6) is 0 Å². The second-order valence-corrected chi connectivity index (χ2v) is 19.2. The van der Waals surface area contributed by atoms with Gasteiger partial charge in [0.15, 0.2) is 0 Å². The lowest BCUT2D eigenvalue weighted by Gasteiger charge is -2.37. The Morgan fingerprint density at radius 3 is 1.83 bits per heavy atom. The van der Waals surface area contributed by atoms with Crippen molar-refractivity contribution in [2.75, 3.05) is 27.4 Å². The van der Waals surface area contributed by atoms with Crippen molar-refractivity contribution in [2.45, 2.75) is 113 Å². The number of nitrogens with one attached hydrogen (secondary N) is 3. The lowest BCUT2D eigenvalue weighted by atomic mass is 9.81. The number of benzene rings is 2. The normalized spacial score (nSPS) is 27.9. The van der Waals surface area contributed by atoms with Crippen LogP contribution in [0.1, 0.15) is 88.1 Å². The highest BCUT2D eigenvalue weighted by Gasteiger charge is 2.58. The second-order valence-electron chi connectivity index (χ2n) is 18.9. The number of fused-ring (bicyclic) bond motifs is 2. The van der Waals surface area contributed by atoms with E-state index in [2.05, 4.69) is 27.8 Å². The first kappa shape index (κ1) is 43.5. The number of H-pyrrole nitrogens is 1. The third-order valence-electron chi connectivity index (χ3n) is 15.0. The van der Waals surface area contributed by atoms with Gasteiger partial charge in [0, 0.05) is 55.8 Å². The molecular formula is C48H54ClF2N7O7. The van der Waals surface area contributed by atoms with Crippen molar-refractivity contribution in [2.24, 2.45) is 28.7 Å². The van der Waals surface area contributed by atoms with Gasteiger partial charge in [-0.1, -0.05) is 60.1 Å². The Morgan fingerprint density at radius 1 is 0.754 bits per heavy atom. The van der Waals surface area contributed by atoms with E-state index in [1.165, 1.54) is 14.2 Å². The number of aromatic amines is 1. The zero-order valence-corrected chi connectivity index (χ0v) is 37.2. The van der Waals surface area contributed by atoms with Crippen molar-refractivity contribution < 1.29 is 42.2 Å². The number of alkyl halides is 2. The molecule has 3 saturated heterocycles. The molecule has 344 valence electrons. The average Bonchev–Trinajstić information content (AvgIpc) is 3.97. The van der Waals surface area contributed by atoms with Gasteiger partial charge in [-0.2, -0.15) is 0 Å². The Balaban J connectivity index is 0.791. The summed E-state index contributed by atoms with van der Waals surface area (Å²) in [7, 11) is 2.53. The van der Waals surface area contributed by atoms with Crippen LogP contribution in [0.4, 0.5) is 18.4 Å². The van der Waals surface area contributed by atoms with Crippen molar-refractivity contribution in [3.63, 3.8) is 0 Å². The number of hydrogen-bond donors (Lipinski definition) is 3. The molecule has 3 saturated carbocycles. The Kier molecular flexibility index (Phi) is 11.7. The summed E-state index contributed by atoms with van der Waals surface area (Å²) in [5.41, 5.74) is 6.48. The minimum Gasteiger partial charge on any atom is -0.453 e. The quantitative estimate of drug-likeness (QED) is 0.164. The molecule has 3 N–H and O–H groups in total. The zero-order valence-electron chi connectivity index (χ0n) is 36.4. The van der Waals surface area contributed by atoms with Crippen LogP contribution in [-0.2, 0) is 23.8 Å². The predicted molar refractivity (Wildman–Crippen MR) is 237 cm³/mol. The molecule has 3 aliphatic carbocycles. The first-order valence-corrected chi connectivity index (χ1v) is 23.3. The summed E-state index contributed by atoms with van der Waals surface area (Å²) in [5.74, 6) is -2.21. The molecule has 0 spiro atoms. The van der Waals surface area contributed by atoms with E-state index in [9.17, 15) is 28.0 Å². The fourth-order valence-electron chi connectivity index (χ4n) is 11.2. The van der Waals surface area contributed by atoms with E-state index in [-0.39, 0.29) is 67.6 Å². The first-order valence-electron chi connectivity index (χ1n) is 22.9. The fraction of sp³-hybridized carbons (Fsp3) is 0.542. The number of likely N-dealkylation sites (tertiary alicyclic amines) is 2. The van der Waals surface area contributed by atoms with Crippen molar-refractivity contribution in [1.29, 1.82) is 0 Å². The molecule has 65 heavy (non-hydrogen) atoms. The van der Waals surface area contributed by atoms with Crippen molar-refractivity contribution in [1.82, 2.24) is 30.4 Å². The molecule has 8 atom stereocenters. The Labute approximate surface area is 380 Å². The number of amides is 4. The van der Waals surface area contributed by atoms with Crippen LogP contribution in [0, 0.1) is 23.7 Å². The van der Waals surface area contributed by atoms with Crippen molar-refractivity contribution in [3.05, 3.63) is 71.3 Å². The molecule has 2 aromatic carbocycles. The maximum absolute atomic E-state index is 14.3. The summed E-state index contributed by atoms with van der Waals surface area (Å²) in [4.78, 5) is 70.1. The number of nitrogens with zero attached hydrogens (tertiary/aromatic N) is 4. The fourth-order valence-corrected chi connectivity index (χ4v) is 11.5. The highest BCUT2D eigenvalue weighted by Crippen LogP contribution is 2.54. The number of methoxy groups -OCH3 is 2. The SMILES string of the molecule is COC(=O)N[C@H](C(=O)N1[C@@H]2C[C@@H]2C[C@H]1C1=NC(Cl)=C(c2ccc(-c3ccc(-c4cnc([C@@H]5C[C@H]6C[C@H]6N5C(=O)[C@@H](NC(=O)OC)C5CCC(F)(F)CC5)[nH]4)cc3)cc2)C1)C1CCOCC1. The van der Waals surface area contributed by atoms with Gasteiger partial charge in [-0.15, -0.1) is 0 Å². The molecule has 7 aliphatic rings. The van der Waals surface area contributed by atoms with Crippen LogP contribution in [0.2, 0.25) is 0 Å². The van der Waals surface area contributed by atoms with E-state index in [1.54, 1.807) is 6.20 Å². The van der Waals surface area contributed by atoms with Crippen molar-refractivity contribution in [3.8, 4) is 22.4 Å². The van der Waals surface area contributed by atoms with Crippen LogP contribution in [0.25, 0.3) is 28.0 Å². The highest BCUT2D eigenvalue weighted by atomic mass is 35.5. The minimum absolute atomic E-state index is 0.0200. The predicted octanol–water partition coefficient (Wildman–Crippen LogP) is 7.85. The van der Waals surface area contributed by atoms with Crippen LogP contribution >= 0.6 is 11.6 Å². The van der Waals surface area contributed by atoms with Gasteiger partial charge < -0.3 is 39.6 Å². The summed E-state index contributed by atoms with van der Waals surface area (Å²) in [6, 6.07) is 14.3. The highest BCUT2D eigenvalue weighted by molar-refractivity contribution is 6.35. The van der Waals surface area contributed by atoms with Crippen LogP contribution < -0.4 is 10.6 Å².